The Hall–Kier alpha value is -2.54. The summed E-state index contributed by atoms with van der Waals surface area (Å²) in [6.45, 7) is 2.04. The van der Waals surface area contributed by atoms with E-state index >= 15 is 0 Å². The predicted octanol–water partition coefficient (Wildman–Crippen LogP) is 0.393. The molecular weight excluding hydrogens is 282 g/mol. The Morgan fingerprint density at radius 2 is 2.18 bits per heavy atom. The van der Waals surface area contributed by atoms with Gasteiger partial charge in [0.1, 0.15) is 0 Å². The first kappa shape index (κ1) is 14.4. The van der Waals surface area contributed by atoms with E-state index in [9.17, 15) is 4.79 Å². The lowest BCUT2D eigenvalue weighted by Crippen LogP contribution is -2.50. The van der Waals surface area contributed by atoms with Crippen LogP contribution in [0.25, 0.3) is 0 Å². The Kier molecular flexibility index (Phi) is 4.55. The molecule has 3 heterocycles. The van der Waals surface area contributed by atoms with E-state index in [2.05, 4.69) is 20.3 Å². The van der Waals surface area contributed by atoms with Gasteiger partial charge in [-0.15, -0.1) is 0 Å². The molecule has 0 bridgehead atoms. The third-order valence-electron chi connectivity index (χ3n) is 3.38. The zero-order valence-corrected chi connectivity index (χ0v) is 12.1. The number of aromatic nitrogens is 3. The molecule has 22 heavy (non-hydrogen) atoms. The Morgan fingerprint density at radius 1 is 1.32 bits per heavy atom. The number of morpholine rings is 1. The van der Waals surface area contributed by atoms with Crippen molar-refractivity contribution in [2.24, 2.45) is 0 Å². The molecular formula is C15H17N5O2. The summed E-state index contributed by atoms with van der Waals surface area (Å²) < 4.78 is 5.56. The van der Waals surface area contributed by atoms with Gasteiger partial charge in [-0.25, -0.2) is 9.97 Å². The van der Waals surface area contributed by atoms with Gasteiger partial charge in [0.05, 0.1) is 13.2 Å². The summed E-state index contributed by atoms with van der Waals surface area (Å²) >= 11 is 0. The number of rotatable bonds is 4. The van der Waals surface area contributed by atoms with Gasteiger partial charge in [-0.2, -0.15) is 0 Å². The lowest BCUT2D eigenvalue weighted by molar-refractivity contribution is -0.133. The number of pyridine rings is 1. The highest BCUT2D eigenvalue weighted by Crippen LogP contribution is 2.12. The topological polar surface area (TPSA) is 80.2 Å². The molecule has 0 aliphatic carbocycles. The van der Waals surface area contributed by atoms with Crippen molar-refractivity contribution in [3.05, 3.63) is 48.5 Å². The van der Waals surface area contributed by atoms with Crippen LogP contribution in [0, 0.1) is 0 Å². The first-order valence-corrected chi connectivity index (χ1v) is 7.13. The first-order chi connectivity index (χ1) is 10.8. The fourth-order valence-electron chi connectivity index (χ4n) is 2.25. The van der Waals surface area contributed by atoms with Gasteiger partial charge in [-0.05, 0) is 17.7 Å². The molecule has 1 aliphatic rings. The first-order valence-electron chi connectivity index (χ1n) is 7.13. The predicted molar refractivity (Wildman–Crippen MR) is 80.1 cm³/mol. The van der Waals surface area contributed by atoms with Crippen LogP contribution in [0.5, 0.6) is 0 Å². The summed E-state index contributed by atoms with van der Waals surface area (Å²) in [5, 5.41) is 2.87. The fraction of sp³-hybridized carbons (Fsp3) is 0.333. The molecule has 1 atom stereocenters. The standard InChI is InChI=1S/C15H17N5O2/c21-14(19-10-12-3-1-4-16-9-12)13-11-20(7-8-22-13)15-17-5-2-6-18-15/h1-6,9,13H,7-8,10-11H2,(H,19,21). The van der Waals surface area contributed by atoms with Crippen LogP contribution < -0.4 is 10.2 Å². The van der Waals surface area contributed by atoms with Crippen LogP contribution in [0.1, 0.15) is 5.56 Å². The second-order valence-corrected chi connectivity index (χ2v) is 4.93. The number of nitrogens with zero attached hydrogens (tertiary/aromatic N) is 4. The molecule has 0 spiro atoms. The minimum atomic E-state index is -0.519. The van der Waals surface area contributed by atoms with Crippen molar-refractivity contribution >= 4 is 11.9 Å². The van der Waals surface area contributed by atoms with Gasteiger partial charge >= 0.3 is 0 Å². The Bertz CT molecular complexity index is 608. The number of carbonyl (C=O) groups excluding carboxylic acids is 1. The monoisotopic (exact) mass is 299 g/mol. The number of hydrogen-bond donors (Lipinski definition) is 1. The molecule has 2 aromatic rings. The molecule has 0 aromatic carbocycles. The summed E-state index contributed by atoms with van der Waals surface area (Å²) in [6.07, 6.45) is 6.29. The zero-order chi connectivity index (χ0) is 15.2. The van der Waals surface area contributed by atoms with Gasteiger partial charge in [0, 0.05) is 37.9 Å². The van der Waals surface area contributed by atoms with E-state index in [-0.39, 0.29) is 5.91 Å². The smallest absolute Gasteiger partial charge is 0.251 e. The SMILES string of the molecule is O=C(NCc1cccnc1)C1CN(c2ncccn2)CCO1. The largest absolute Gasteiger partial charge is 0.365 e. The highest BCUT2D eigenvalue weighted by Gasteiger charge is 2.27. The van der Waals surface area contributed by atoms with Crippen molar-refractivity contribution in [2.45, 2.75) is 12.6 Å². The lowest BCUT2D eigenvalue weighted by atomic mass is 10.2. The molecule has 1 N–H and O–H groups in total. The maximum Gasteiger partial charge on any atom is 0.251 e. The Balaban J connectivity index is 1.56. The summed E-state index contributed by atoms with van der Waals surface area (Å²) in [5.41, 5.74) is 0.954. The molecule has 0 saturated carbocycles. The average molecular weight is 299 g/mol. The minimum absolute atomic E-state index is 0.135. The molecule has 0 radical (unpaired) electrons. The van der Waals surface area contributed by atoms with Gasteiger partial charge in [0.2, 0.25) is 5.95 Å². The van der Waals surface area contributed by atoms with Crippen LogP contribution in [-0.4, -0.2) is 46.7 Å². The summed E-state index contributed by atoms with van der Waals surface area (Å²) in [7, 11) is 0. The van der Waals surface area contributed by atoms with Crippen LogP contribution in [-0.2, 0) is 16.1 Å². The Morgan fingerprint density at radius 3 is 2.95 bits per heavy atom. The summed E-state index contributed by atoms with van der Waals surface area (Å²) in [4.78, 5) is 26.6. The maximum atomic E-state index is 12.2. The summed E-state index contributed by atoms with van der Waals surface area (Å²) in [5.74, 6) is 0.486. The van der Waals surface area contributed by atoms with Crippen molar-refractivity contribution in [2.75, 3.05) is 24.6 Å². The zero-order valence-electron chi connectivity index (χ0n) is 12.1. The van der Waals surface area contributed by atoms with Crippen molar-refractivity contribution < 1.29 is 9.53 Å². The molecule has 7 nitrogen and oxygen atoms in total. The number of anilines is 1. The number of carbonyl (C=O) groups is 1. The second-order valence-electron chi connectivity index (χ2n) is 4.93. The molecule has 3 rings (SSSR count). The summed E-state index contributed by atoms with van der Waals surface area (Å²) in [6, 6.07) is 5.52. The Labute approximate surface area is 128 Å². The van der Waals surface area contributed by atoms with E-state index in [4.69, 9.17) is 4.74 Å². The van der Waals surface area contributed by atoms with Crippen molar-refractivity contribution in [1.29, 1.82) is 0 Å². The van der Waals surface area contributed by atoms with E-state index < -0.39 is 6.10 Å². The van der Waals surface area contributed by atoms with Crippen LogP contribution in [0.4, 0.5) is 5.95 Å². The van der Waals surface area contributed by atoms with E-state index in [1.807, 2.05) is 17.0 Å². The molecule has 114 valence electrons. The number of amides is 1. The highest BCUT2D eigenvalue weighted by molar-refractivity contribution is 5.81. The van der Waals surface area contributed by atoms with E-state index in [1.165, 1.54) is 0 Å². The lowest BCUT2D eigenvalue weighted by Gasteiger charge is -2.32. The second kappa shape index (κ2) is 6.95. The maximum absolute atomic E-state index is 12.2. The van der Waals surface area contributed by atoms with E-state index in [1.54, 1.807) is 30.9 Å². The van der Waals surface area contributed by atoms with Crippen LogP contribution in [0.3, 0.4) is 0 Å². The van der Waals surface area contributed by atoms with Gasteiger partial charge in [-0.1, -0.05) is 6.07 Å². The number of ether oxygens (including phenoxy) is 1. The van der Waals surface area contributed by atoms with Gasteiger partial charge < -0.3 is 15.0 Å². The minimum Gasteiger partial charge on any atom is -0.365 e. The van der Waals surface area contributed by atoms with Crippen LogP contribution in [0.2, 0.25) is 0 Å². The molecule has 1 saturated heterocycles. The normalized spacial score (nSPS) is 18.0. The average Bonchev–Trinajstić information content (AvgIpc) is 2.61. The third-order valence-corrected chi connectivity index (χ3v) is 3.38. The molecule has 1 aliphatic heterocycles. The van der Waals surface area contributed by atoms with E-state index in [0.717, 1.165) is 5.56 Å². The number of hydrogen-bond acceptors (Lipinski definition) is 6. The molecule has 1 fully saturated rings. The van der Waals surface area contributed by atoms with Gasteiger partial charge in [0.25, 0.3) is 5.91 Å². The van der Waals surface area contributed by atoms with Crippen molar-refractivity contribution in [3.63, 3.8) is 0 Å². The van der Waals surface area contributed by atoms with Gasteiger partial charge in [0.15, 0.2) is 6.10 Å². The molecule has 1 amide bonds. The van der Waals surface area contributed by atoms with Crippen molar-refractivity contribution in [1.82, 2.24) is 20.3 Å². The molecule has 1 unspecified atom stereocenters. The third kappa shape index (κ3) is 3.56. The highest BCUT2D eigenvalue weighted by atomic mass is 16.5. The van der Waals surface area contributed by atoms with Gasteiger partial charge in [-0.3, -0.25) is 9.78 Å². The molecule has 2 aromatic heterocycles. The number of nitrogens with one attached hydrogen (secondary N) is 1. The quantitative estimate of drug-likeness (QED) is 0.880. The van der Waals surface area contributed by atoms with Crippen LogP contribution >= 0.6 is 0 Å². The van der Waals surface area contributed by atoms with Crippen molar-refractivity contribution in [3.8, 4) is 0 Å². The van der Waals surface area contributed by atoms with E-state index in [0.29, 0.717) is 32.2 Å². The molecule has 7 heteroatoms. The fourth-order valence-corrected chi connectivity index (χ4v) is 2.25. The van der Waals surface area contributed by atoms with Crippen LogP contribution in [0.15, 0.2) is 43.0 Å².